The van der Waals surface area contributed by atoms with Crippen molar-refractivity contribution in [2.45, 2.75) is 0 Å². The molecule has 0 aliphatic carbocycles. The Morgan fingerprint density at radius 1 is 0.282 bits per heavy atom. The van der Waals surface area contributed by atoms with Gasteiger partial charge in [-0.05, 0) is 34.4 Å². The Balaban J connectivity index is 0.000000137. The van der Waals surface area contributed by atoms with E-state index in [9.17, 15) is 0 Å². The third-order valence-corrected chi connectivity index (χ3v) is 6.77. The molecule has 0 N–H and O–H groups in total. The third-order valence-electron chi connectivity index (χ3n) is 5.82. The van der Waals surface area contributed by atoms with Crippen LogP contribution in [0, 0.1) is 0 Å². The molecule has 0 bridgehead atoms. The lowest BCUT2D eigenvalue weighted by Crippen LogP contribution is -2.02. The normalized spacial score (nSPS) is 9.79. The molecule has 0 spiro atoms. The van der Waals surface area contributed by atoms with Gasteiger partial charge in [0.1, 0.15) is 11.5 Å². The maximum absolute atomic E-state index is 5.80. The van der Waals surface area contributed by atoms with Crippen molar-refractivity contribution in [3.8, 4) is 33.8 Å². The maximum atomic E-state index is 5.80. The van der Waals surface area contributed by atoms with E-state index < -0.39 is 0 Å². The minimum atomic E-state index is 0.873. The second kappa shape index (κ2) is 15.4. The van der Waals surface area contributed by atoms with Gasteiger partial charge in [0.05, 0.1) is 0 Å². The molecule has 1 nitrogen and oxygen atoms in total. The SMILES string of the molecule is Pc1ccccc1Oc1ccccc1P.c1ccc(-c2ccccc2)cc1.c1ccc(-c2ccccc2)cc1. The summed E-state index contributed by atoms with van der Waals surface area (Å²) in [4.78, 5) is 0. The van der Waals surface area contributed by atoms with Gasteiger partial charge in [-0.1, -0.05) is 158 Å². The summed E-state index contributed by atoms with van der Waals surface area (Å²) in [7, 11) is 5.33. The third kappa shape index (κ3) is 9.05. The number of rotatable bonds is 4. The van der Waals surface area contributed by atoms with E-state index in [0.29, 0.717) is 0 Å². The molecule has 0 amide bonds. The van der Waals surface area contributed by atoms with Crippen molar-refractivity contribution >= 4 is 29.1 Å². The minimum Gasteiger partial charge on any atom is -0.456 e. The molecule has 2 unspecified atom stereocenters. The molecule has 0 aliphatic heterocycles. The molecule has 0 aromatic heterocycles. The molecule has 39 heavy (non-hydrogen) atoms. The average molecular weight is 543 g/mol. The molecule has 0 saturated heterocycles. The predicted molar refractivity (Wildman–Crippen MR) is 175 cm³/mol. The topological polar surface area (TPSA) is 9.23 Å². The number of para-hydroxylation sites is 2. The van der Waals surface area contributed by atoms with Crippen LogP contribution in [0.5, 0.6) is 11.5 Å². The van der Waals surface area contributed by atoms with Crippen LogP contribution in [0.1, 0.15) is 0 Å². The highest BCUT2D eigenvalue weighted by molar-refractivity contribution is 7.28. The van der Waals surface area contributed by atoms with Crippen molar-refractivity contribution in [3.05, 3.63) is 170 Å². The lowest BCUT2D eigenvalue weighted by atomic mass is 10.1. The van der Waals surface area contributed by atoms with Crippen molar-refractivity contribution in [1.29, 1.82) is 0 Å². The summed E-state index contributed by atoms with van der Waals surface area (Å²) in [6.45, 7) is 0. The van der Waals surface area contributed by atoms with Gasteiger partial charge >= 0.3 is 0 Å². The van der Waals surface area contributed by atoms with Crippen molar-refractivity contribution in [3.63, 3.8) is 0 Å². The molecular weight excluding hydrogens is 510 g/mol. The van der Waals surface area contributed by atoms with Crippen LogP contribution in [0.15, 0.2) is 170 Å². The first-order valence-electron chi connectivity index (χ1n) is 12.8. The molecule has 6 rings (SSSR count). The van der Waals surface area contributed by atoms with Gasteiger partial charge in [-0.15, -0.1) is 18.5 Å². The molecule has 192 valence electrons. The van der Waals surface area contributed by atoms with Gasteiger partial charge in [0.15, 0.2) is 0 Å². The number of hydrogen-bond donors (Lipinski definition) is 0. The Morgan fingerprint density at radius 3 is 0.769 bits per heavy atom. The van der Waals surface area contributed by atoms with E-state index in [1.165, 1.54) is 22.3 Å². The van der Waals surface area contributed by atoms with E-state index in [0.717, 1.165) is 22.1 Å². The van der Waals surface area contributed by atoms with Crippen LogP contribution in [-0.4, -0.2) is 0 Å². The highest BCUT2D eigenvalue weighted by atomic mass is 31.0. The first-order chi connectivity index (χ1) is 19.2. The molecule has 3 heteroatoms. The highest BCUT2D eigenvalue weighted by Gasteiger charge is 2.02. The van der Waals surface area contributed by atoms with Gasteiger partial charge < -0.3 is 4.74 Å². The summed E-state index contributed by atoms with van der Waals surface area (Å²) in [5.41, 5.74) is 5.10. The average Bonchev–Trinajstić information content (AvgIpc) is 3.02. The molecule has 2 atom stereocenters. The standard InChI is InChI=1S/C12H12OP2.2C12H10/c14-11-7-3-1-5-9(11)13-10-6-2-4-8-12(10)15;2*1-3-7-11(8-4-1)12-9-5-2-6-10-12/h1-8H,14-15H2;2*1-10H. The number of ether oxygens (including phenoxy) is 1. The molecule has 0 aliphatic rings. The van der Waals surface area contributed by atoms with E-state index in [-0.39, 0.29) is 0 Å². The molecule has 0 saturated carbocycles. The fraction of sp³-hybridized carbons (Fsp3) is 0. The summed E-state index contributed by atoms with van der Waals surface area (Å²) in [5.74, 6) is 1.75. The molecule has 0 fully saturated rings. The van der Waals surface area contributed by atoms with Crippen LogP contribution in [-0.2, 0) is 0 Å². The first-order valence-corrected chi connectivity index (χ1v) is 13.9. The van der Waals surface area contributed by atoms with Gasteiger partial charge in [0.2, 0.25) is 0 Å². The van der Waals surface area contributed by atoms with Crippen LogP contribution < -0.4 is 15.3 Å². The van der Waals surface area contributed by atoms with E-state index in [2.05, 4.69) is 116 Å². The van der Waals surface area contributed by atoms with Gasteiger partial charge in [-0.25, -0.2) is 0 Å². The van der Waals surface area contributed by atoms with E-state index in [1.54, 1.807) is 0 Å². The Hall–Kier alpha value is -4.02. The fourth-order valence-electron chi connectivity index (χ4n) is 3.79. The zero-order chi connectivity index (χ0) is 27.1. The fourth-order valence-corrected chi connectivity index (χ4v) is 4.32. The van der Waals surface area contributed by atoms with Gasteiger partial charge in [-0.2, -0.15) is 0 Å². The quantitative estimate of drug-likeness (QED) is 0.202. The van der Waals surface area contributed by atoms with Crippen molar-refractivity contribution in [2.75, 3.05) is 0 Å². The number of hydrogen-bond acceptors (Lipinski definition) is 1. The van der Waals surface area contributed by atoms with Crippen LogP contribution >= 0.6 is 18.5 Å². The lowest BCUT2D eigenvalue weighted by molar-refractivity contribution is 0.491. The maximum Gasteiger partial charge on any atom is 0.134 e. The van der Waals surface area contributed by atoms with Crippen molar-refractivity contribution < 1.29 is 4.74 Å². The Morgan fingerprint density at radius 2 is 0.513 bits per heavy atom. The molecule has 6 aromatic carbocycles. The largest absolute Gasteiger partial charge is 0.456 e. The summed E-state index contributed by atoms with van der Waals surface area (Å²) in [6.07, 6.45) is 0. The monoisotopic (exact) mass is 542 g/mol. The van der Waals surface area contributed by atoms with E-state index in [4.69, 9.17) is 4.74 Å². The van der Waals surface area contributed by atoms with Crippen molar-refractivity contribution in [1.82, 2.24) is 0 Å². The van der Waals surface area contributed by atoms with Gasteiger partial charge in [-0.3, -0.25) is 0 Å². The summed E-state index contributed by atoms with van der Waals surface area (Å²) in [6, 6.07) is 57.4. The first kappa shape index (κ1) is 28.0. The van der Waals surface area contributed by atoms with E-state index in [1.807, 2.05) is 72.8 Å². The molecule has 0 radical (unpaired) electrons. The van der Waals surface area contributed by atoms with E-state index >= 15 is 0 Å². The molecule has 6 aromatic rings. The summed E-state index contributed by atoms with van der Waals surface area (Å²) >= 11 is 0. The van der Waals surface area contributed by atoms with Crippen molar-refractivity contribution in [2.24, 2.45) is 0 Å². The van der Waals surface area contributed by atoms with Crippen LogP contribution in [0.2, 0.25) is 0 Å². The second-order valence-corrected chi connectivity index (χ2v) is 9.89. The zero-order valence-electron chi connectivity index (χ0n) is 21.7. The van der Waals surface area contributed by atoms with Crippen LogP contribution in [0.3, 0.4) is 0 Å². The summed E-state index contributed by atoms with van der Waals surface area (Å²) < 4.78 is 5.80. The predicted octanol–water partition coefficient (Wildman–Crippen LogP) is 9.19. The smallest absolute Gasteiger partial charge is 0.134 e. The lowest BCUT2D eigenvalue weighted by Gasteiger charge is -2.09. The second-order valence-electron chi connectivity index (χ2n) is 8.64. The zero-order valence-corrected chi connectivity index (χ0v) is 24.0. The molecule has 0 heterocycles. The minimum absolute atomic E-state index is 0.873. The van der Waals surface area contributed by atoms with Gasteiger partial charge in [0, 0.05) is 10.6 Å². The highest BCUT2D eigenvalue weighted by Crippen LogP contribution is 2.21. The Bertz CT molecular complexity index is 1330. The molecular formula is C36H32OP2. The Kier molecular flexibility index (Phi) is 11.1. The number of benzene rings is 6. The van der Waals surface area contributed by atoms with Crippen LogP contribution in [0.4, 0.5) is 0 Å². The van der Waals surface area contributed by atoms with Gasteiger partial charge in [0.25, 0.3) is 0 Å². The summed E-state index contributed by atoms with van der Waals surface area (Å²) in [5, 5.41) is 2.12. The van der Waals surface area contributed by atoms with Crippen LogP contribution in [0.25, 0.3) is 22.3 Å². The Labute approximate surface area is 237 Å².